The third kappa shape index (κ3) is 2.76. The predicted molar refractivity (Wildman–Crippen MR) is 109 cm³/mol. The molecule has 3 N–H and O–H groups in total. The van der Waals surface area contributed by atoms with Crippen LogP contribution in [-0.4, -0.2) is 20.2 Å². The van der Waals surface area contributed by atoms with Gasteiger partial charge in [-0.15, -0.1) is 0 Å². The molecular formula is C19H16IN5. The van der Waals surface area contributed by atoms with Gasteiger partial charge in [-0.3, -0.25) is 5.10 Å². The molecule has 0 radical (unpaired) electrons. The third-order valence-corrected chi connectivity index (χ3v) is 5.17. The van der Waals surface area contributed by atoms with E-state index < -0.39 is 0 Å². The lowest BCUT2D eigenvalue weighted by Crippen LogP contribution is -2.02. The van der Waals surface area contributed by atoms with Crippen molar-refractivity contribution in [1.29, 1.82) is 0 Å². The van der Waals surface area contributed by atoms with Crippen LogP contribution in [0.2, 0.25) is 0 Å². The molecule has 2 aromatic heterocycles. The first-order valence-electron chi connectivity index (χ1n) is 8.02. The molecule has 0 atom stereocenters. The second-order valence-electron chi connectivity index (χ2n) is 5.73. The highest BCUT2D eigenvalue weighted by atomic mass is 127. The molecule has 0 amide bonds. The number of H-pyrrole nitrogens is 1. The van der Waals surface area contributed by atoms with Gasteiger partial charge in [0, 0.05) is 20.9 Å². The van der Waals surface area contributed by atoms with Crippen LogP contribution in [0.1, 0.15) is 12.6 Å². The van der Waals surface area contributed by atoms with Crippen LogP contribution < -0.4 is 5.73 Å². The van der Waals surface area contributed by atoms with Gasteiger partial charge in [0.1, 0.15) is 5.82 Å². The number of nitrogens with one attached hydrogen (secondary N) is 1. The van der Waals surface area contributed by atoms with Crippen LogP contribution in [0.5, 0.6) is 0 Å². The zero-order valence-corrected chi connectivity index (χ0v) is 15.8. The van der Waals surface area contributed by atoms with E-state index in [4.69, 9.17) is 10.7 Å². The normalized spacial score (nSPS) is 11.1. The summed E-state index contributed by atoms with van der Waals surface area (Å²) in [6.45, 7) is 2.04. The molecule has 6 heteroatoms. The Bertz CT molecular complexity index is 1060. The van der Waals surface area contributed by atoms with E-state index >= 15 is 0 Å². The van der Waals surface area contributed by atoms with Crippen molar-refractivity contribution in [3.05, 3.63) is 58.1 Å². The Labute approximate surface area is 158 Å². The summed E-state index contributed by atoms with van der Waals surface area (Å²) >= 11 is 2.36. The molecule has 4 aromatic rings. The maximum atomic E-state index is 6.06. The van der Waals surface area contributed by atoms with E-state index in [1.807, 2.05) is 37.5 Å². The van der Waals surface area contributed by atoms with Crippen molar-refractivity contribution in [2.24, 2.45) is 0 Å². The third-order valence-electron chi connectivity index (χ3n) is 4.23. The second-order valence-corrected chi connectivity index (χ2v) is 6.89. The molecular weight excluding hydrogens is 425 g/mol. The topological polar surface area (TPSA) is 80.5 Å². The summed E-state index contributed by atoms with van der Waals surface area (Å²) in [5.41, 5.74) is 12.8. The Hall–Kier alpha value is -2.48. The predicted octanol–water partition coefficient (Wildman–Crippen LogP) is 4.44. The fraction of sp³-hybridized carbons (Fsp3) is 0.105. The first-order valence-corrected chi connectivity index (χ1v) is 9.10. The molecule has 0 aliphatic carbocycles. The lowest BCUT2D eigenvalue weighted by Gasteiger charge is -2.14. The van der Waals surface area contributed by atoms with Crippen LogP contribution in [0.25, 0.3) is 33.3 Å². The Morgan fingerprint density at radius 3 is 2.64 bits per heavy atom. The van der Waals surface area contributed by atoms with Crippen LogP contribution in [0.15, 0.2) is 48.8 Å². The maximum absolute atomic E-state index is 6.06. The fourth-order valence-electron chi connectivity index (χ4n) is 3.01. The molecule has 5 nitrogen and oxygen atoms in total. The number of halogens is 1. The van der Waals surface area contributed by atoms with Crippen LogP contribution in [0.3, 0.4) is 0 Å². The monoisotopic (exact) mass is 441 g/mol. The molecule has 2 aromatic carbocycles. The second kappa shape index (κ2) is 6.44. The molecule has 0 aliphatic heterocycles. The van der Waals surface area contributed by atoms with Crippen molar-refractivity contribution < 1.29 is 0 Å². The smallest absolute Gasteiger partial charge is 0.145 e. The van der Waals surface area contributed by atoms with Crippen molar-refractivity contribution >= 4 is 39.4 Å². The van der Waals surface area contributed by atoms with Gasteiger partial charge in [-0.05, 0) is 52.3 Å². The molecule has 0 bridgehead atoms. The average molecular weight is 441 g/mol. The summed E-state index contributed by atoms with van der Waals surface area (Å²) in [5, 5.41) is 6.99. The summed E-state index contributed by atoms with van der Waals surface area (Å²) < 4.78 is 1.16. The van der Waals surface area contributed by atoms with Crippen molar-refractivity contribution in [3.8, 4) is 22.3 Å². The molecule has 0 saturated heterocycles. The number of fused-ring (bicyclic) bond motifs is 1. The zero-order chi connectivity index (χ0) is 17.4. The number of aromatic amines is 1. The minimum absolute atomic E-state index is 0.500. The van der Waals surface area contributed by atoms with Gasteiger partial charge in [-0.2, -0.15) is 5.10 Å². The summed E-state index contributed by atoms with van der Waals surface area (Å²) in [7, 11) is 0. The summed E-state index contributed by atoms with van der Waals surface area (Å²) in [5.74, 6) is 0.500. The average Bonchev–Trinajstić information content (AvgIpc) is 3.15. The van der Waals surface area contributed by atoms with Gasteiger partial charge in [0.05, 0.1) is 22.9 Å². The van der Waals surface area contributed by atoms with E-state index in [-0.39, 0.29) is 0 Å². The number of nitrogen functional groups attached to an aromatic ring is 1. The van der Waals surface area contributed by atoms with Gasteiger partial charge in [-0.1, -0.05) is 31.2 Å². The molecule has 0 saturated carbocycles. The van der Waals surface area contributed by atoms with Crippen molar-refractivity contribution in [2.75, 3.05) is 5.73 Å². The molecule has 0 aliphatic rings. The van der Waals surface area contributed by atoms with E-state index in [0.29, 0.717) is 5.82 Å². The Morgan fingerprint density at radius 2 is 1.92 bits per heavy atom. The Kier molecular flexibility index (Phi) is 4.12. The highest BCUT2D eigenvalue weighted by Crippen LogP contribution is 2.39. The first kappa shape index (κ1) is 16.0. The highest BCUT2D eigenvalue weighted by molar-refractivity contribution is 14.1. The molecule has 2 heterocycles. The minimum atomic E-state index is 0.500. The van der Waals surface area contributed by atoms with Gasteiger partial charge < -0.3 is 5.73 Å². The van der Waals surface area contributed by atoms with Gasteiger partial charge in [0.25, 0.3) is 0 Å². The van der Waals surface area contributed by atoms with Crippen molar-refractivity contribution in [3.63, 3.8) is 0 Å². The number of anilines is 1. The van der Waals surface area contributed by atoms with E-state index in [9.17, 15) is 0 Å². The van der Waals surface area contributed by atoms with Crippen LogP contribution in [0, 0.1) is 3.57 Å². The van der Waals surface area contributed by atoms with Crippen LogP contribution in [-0.2, 0) is 6.42 Å². The number of aromatic nitrogens is 4. The number of hydrogen-bond donors (Lipinski definition) is 2. The van der Waals surface area contributed by atoms with Gasteiger partial charge in [-0.25, -0.2) is 9.97 Å². The van der Waals surface area contributed by atoms with Crippen LogP contribution >= 0.6 is 22.6 Å². The largest absolute Gasteiger partial charge is 0.382 e. The van der Waals surface area contributed by atoms with Crippen molar-refractivity contribution in [1.82, 2.24) is 20.2 Å². The van der Waals surface area contributed by atoms with Gasteiger partial charge in [0.15, 0.2) is 0 Å². The van der Waals surface area contributed by atoms with E-state index in [2.05, 4.69) is 56.0 Å². The number of aryl methyl sites for hydroxylation is 1. The maximum Gasteiger partial charge on any atom is 0.145 e. The molecule has 124 valence electrons. The lowest BCUT2D eigenvalue weighted by atomic mass is 9.94. The fourth-order valence-corrected chi connectivity index (χ4v) is 3.66. The summed E-state index contributed by atoms with van der Waals surface area (Å²) in [4.78, 5) is 9.43. The summed E-state index contributed by atoms with van der Waals surface area (Å²) in [6.07, 6.45) is 4.47. The van der Waals surface area contributed by atoms with E-state index in [1.54, 1.807) is 0 Å². The van der Waals surface area contributed by atoms with Crippen molar-refractivity contribution in [2.45, 2.75) is 13.3 Å². The first-order chi connectivity index (χ1) is 12.2. The quantitative estimate of drug-likeness (QED) is 0.461. The molecule has 4 rings (SSSR count). The zero-order valence-electron chi connectivity index (χ0n) is 13.6. The van der Waals surface area contributed by atoms with Crippen LogP contribution in [0.4, 0.5) is 5.82 Å². The molecule has 25 heavy (non-hydrogen) atoms. The summed E-state index contributed by atoms with van der Waals surface area (Å²) in [6, 6.07) is 12.3. The van der Waals surface area contributed by atoms with Gasteiger partial charge >= 0.3 is 0 Å². The van der Waals surface area contributed by atoms with Gasteiger partial charge in [0.2, 0.25) is 0 Å². The minimum Gasteiger partial charge on any atom is -0.382 e. The number of hydrogen-bond acceptors (Lipinski definition) is 4. The number of benzene rings is 2. The highest BCUT2D eigenvalue weighted by Gasteiger charge is 2.17. The number of nitrogens with zero attached hydrogens (tertiary/aromatic N) is 3. The SMILES string of the molecule is CCc1nc2c(-c3ccccc3I)c(-c3cn[nH]c3)ccc2nc1N. The van der Waals surface area contributed by atoms with E-state index in [1.165, 1.54) is 0 Å². The number of rotatable bonds is 3. The molecule has 0 unspecified atom stereocenters. The number of nitrogens with two attached hydrogens (primary N) is 1. The molecule has 0 spiro atoms. The lowest BCUT2D eigenvalue weighted by molar-refractivity contribution is 1.04. The molecule has 0 fully saturated rings. The Balaban J connectivity index is 2.14. The van der Waals surface area contributed by atoms with E-state index in [0.717, 1.165) is 49.0 Å². The Morgan fingerprint density at radius 1 is 1.08 bits per heavy atom. The standard InChI is InChI=1S/C19H16IN5/c1-2-15-19(21)25-16-8-7-12(11-9-22-23-10-11)17(18(16)24-15)13-5-3-4-6-14(13)20/h3-10H,2H2,1H3,(H2,21,25)(H,22,23).